The van der Waals surface area contributed by atoms with Crippen molar-refractivity contribution >= 4 is 0 Å². The third-order valence-electron chi connectivity index (χ3n) is 4.35. The lowest BCUT2D eigenvalue weighted by atomic mass is 10.2. The van der Waals surface area contributed by atoms with E-state index in [0.717, 1.165) is 32.7 Å². The minimum atomic E-state index is -0.560. The molecule has 0 spiro atoms. The van der Waals surface area contributed by atoms with Crippen LogP contribution >= 0.6 is 0 Å². The Bertz CT molecular complexity index is 653. The van der Waals surface area contributed by atoms with Gasteiger partial charge in [0.2, 0.25) is 0 Å². The van der Waals surface area contributed by atoms with E-state index in [1.165, 1.54) is 17.7 Å². The zero-order valence-corrected chi connectivity index (χ0v) is 14.5. The second-order valence-corrected chi connectivity index (χ2v) is 6.52. The third-order valence-corrected chi connectivity index (χ3v) is 4.35. The Labute approximate surface area is 147 Å². The maximum absolute atomic E-state index is 12.8. The summed E-state index contributed by atoms with van der Waals surface area (Å²) >= 11 is 0. The Morgan fingerprint density at radius 2 is 1.84 bits per heavy atom. The van der Waals surface area contributed by atoms with Crippen molar-refractivity contribution in [2.75, 3.05) is 39.3 Å². The van der Waals surface area contributed by atoms with Crippen molar-refractivity contribution in [1.82, 2.24) is 19.6 Å². The van der Waals surface area contributed by atoms with Gasteiger partial charge in [-0.15, -0.1) is 0 Å². The second-order valence-electron chi connectivity index (χ2n) is 6.52. The highest BCUT2D eigenvalue weighted by atomic mass is 19.1. The minimum Gasteiger partial charge on any atom is -0.491 e. The van der Waals surface area contributed by atoms with Crippen LogP contribution in [0, 0.1) is 5.82 Å². The van der Waals surface area contributed by atoms with Crippen LogP contribution in [0.1, 0.15) is 5.56 Å². The molecule has 0 unspecified atom stereocenters. The molecule has 1 aliphatic rings. The van der Waals surface area contributed by atoms with E-state index >= 15 is 0 Å². The standard InChI is InChI=1S/C18H25FN4O2/c1-21-11-15(10-20-21)12-22-6-8-23(9-7-22)13-17(24)14-25-18-4-2-16(19)3-5-18/h2-5,10-11,17,24H,6-9,12-14H2,1H3/t17-/m1/s1. The van der Waals surface area contributed by atoms with Crippen molar-refractivity contribution in [3.8, 4) is 5.75 Å². The van der Waals surface area contributed by atoms with Gasteiger partial charge in [-0.25, -0.2) is 4.39 Å². The lowest BCUT2D eigenvalue weighted by Crippen LogP contribution is -2.48. The van der Waals surface area contributed by atoms with Gasteiger partial charge in [0.05, 0.1) is 6.20 Å². The minimum absolute atomic E-state index is 0.210. The van der Waals surface area contributed by atoms with Gasteiger partial charge in [-0.2, -0.15) is 5.10 Å². The van der Waals surface area contributed by atoms with Crippen LogP contribution < -0.4 is 4.74 Å². The van der Waals surface area contributed by atoms with Crippen molar-refractivity contribution in [1.29, 1.82) is 0 Å². The largest absolute Gasteiger partial charge is 0.491 e. The molecule has 1 aromatic carbocycles. The first-order valence-electron chi connectivity index (χ1n) is 8.57. The van der Waals surface area contributed by atoms with Crippen LogP contribution in [-0.4, -0.2) is 70.1 Å². The number of piperazine rings is 1. The van der Waals surface area contributed by atoms with E-state index in [4.69, 9.17) is 4.74 Å². The van der Waals surface area contributed by atoms with E-state index in [1.54, 1.807) is 12.1 Å². The molecule has 2 heterocycles. The van der Waals surface area contributed by atoms with E-state index in [0.29, 0.717) is 12.3 Å². The monoisotopic (exact) mass is 348 g/mol. The van der Waals surface area contributed by atoms with Gasteiger partial charge in [-0.1, -0.05) is 0 Å². The third kappa shape index (κ3) is 5.52. The van der Waals surface area contributed by atoms with Crippen LogP contribution in [0.5, 0.6) is 5.75 Å². The summed E-state index contributed by atoms with van der Waals surface area (Å²) in [4.78, 5) is 4.65. The number of aliphatic hydroxyl groups is 1. The van der Waals surface area contributed by atoms with Crippen molar-refractivity contribution in [3.63, 3.8) is 0 Å². The predicted octanol–water partition coefficient (Wildman–Crippen LogP) is 1.12. The van der Waals surface area contributed by atoms with Crippen LogP contribution in [0.25, 0.3) is 0 Å². The summed E-state index contributed by atoms with van der Waals surface area (Å²) in [5.74, 6) is 0.277. The fourth-order valence-corrected chi connectivity index (χ4v) is 3.02. The number of hydrogen-bond acceptors (Lipinski definition) is 5. The maximum atomic E-state index is 12.8. The van der Waals surface area contributed by atoms with Gasteiger partial charge in [0.1, 0.15) is 24.3 Å². The van der Waals surface area contributed by atoms with Crippen LogP contribution in [0.3, 0.4) is 0 Å². The van der Waals surface area contributed by atoms with Crippen LogP contribution in [0.2, 0.25) is 0 Å². The first kappa shape index (κ1) is 17.8. The molecule has 7 heteroatoms. The summed E-state index contributed by atoms with van der Waals surface area (Å²) < 4.78 is 20.2. The van der Waals surface area contributed by atoms with Crippen molar-refractivity contribution in [3.05, 3.63) is 48.0 Å². The second kappa shape index (κ2) is 8.42. The van der Waals surface area contributed by atoms with Gasteiger partial charge in [-0.3, -0.25) is 14.5 Å². The highest BCUT2D eigenvalue weighted by molar-refractivity contribution is 5.22. The molecule has 0 radical (unpaired) electrons. The number of benzene rings is 1. The molecule has 1 N–H and O–H groups in total. The summed E-state index contributed by atoms with van der Waals surface area (Å²) in [6.45, 7) is 5.50. The number of β-amino-alcohol motifs (C(OH)–C–C–N with tert-alkyl or cyclic N) is 1. The van der Waals surface area contributed by atoms with Gasteiger partial charge in [-0.05, 0) is 24.3 Å². The molecule has 1 aromatic heterocycles. The molecular weight excluding hydrogens is 323 g/mol. The fraction of sp³-hybridized carbons (Fsp3) is 0.500. The zero-order valence-electron chi connectivity index (χ0n) is 14.5. The molecule has 0 saturated carbocycles. The molecule has 0 amide bonds. The van der Waals surface area contributed by atoms with Crippen molar-refractivity contribution < 1.29 is 14.2 Å². The molecule has 136 valence electrons. The molecule has 1 saturated heterocycles. The quantitative estimate of drug-likeness (QED) is 0.813. The van der Waals surface area contributed by atoms with Gasteiger partial charge in [0.15, 0.2) is 0 Å². The van der Waals surface area contributed by atoms with Crippen LogP contribution in [0.15, 0.2) is 36.7 Å². The van der Waals surface area contributed by atoms with E-state index in [1.807, 2.05) is 24.1 Å². The predicted molar refractivity (Wildman–Crippen MR) is 92.8 cm³/mol. The number of aryl methyl sites for hydroxylation is 1. The van der Waals surface area contributed by atoms with Gasteiger partial charge in [0, 0.05) is 58.1 Å². The normalized spacial score (nSPS) is 17.6. The summed E-state index contributed by atoms with van der Waals surface area (Å²) in [5, 5.41) is 14.4. The number of aliphatic hydroxyl groups excluding tert-OH is 1. The average Bonchev–Trinajstić information content (AvgIpc) is 3.01. The summed E-state index contributed by atoms with van der Waals surface area (Å²) in [6.07, 6.45) is 3.39. The molecule has 3 rings (SSSR count). The maximum Gasteiger partial charge on any atom is 0.123 e. The van der Waals surface area contributed by atoms with E-state index in [-0.39, 0.29) is 12.4 Å². The van der Waals surface area contributed by atoms with Crippen molar-refractivity contribution in [2.24, 2.45) is 7.05 Å². The summed E-state index contributed by atoms with van der Waals surface area (Å²) in [7, 11) is 1.93. The molecule has 0 aliphatic carbocycles. The SMILES string of the molecule is Cn1cc(CN2CCN(C[C@@H](O)COc3ccc(F)cc3)CC2)cn1. The Hall–Kier alpha value is -1.96. The van der Waals surface area contributed by atoms with Crippen molar-refractivity contribution in [2.45, 2.75) is 12.6 Å². The highest BCUT2D eigenvalue weighted by Crippen LogP contribution is 2.12. The molecule has 2 aromatic rings. The van der Waals surface area contributed by atoms with Gasteiger partial charge in [0.25, 0.3) is 0 Å². The first-order valence-corrected chi connectivity index (χ1v) is 8.57. The van der Waals surface area contributed by atoms with Crippen LogP contribution in [-0.2, 0) is 13.6 Å². The molecule has 1 atom stereocenters. The van der Waals surface area contributed by atoms with E-state index in [9.17, 15) is 9.50 Å². The van der Waals surface area contributed by atoms with E-state index in [2.05, 4.69) is 14.9 Å². The molecule has 6 nitrogen and oxygen atoms in total. The topological polar surface area (TPSA) is 53.8 Å². The lowest BCUT2D eigenvalue weighted by molar-refractivity contribution is 0.0446. The van der Waals surface area contributed by atoms with Crippen LogP contribution in [0.4, 0.5) is 4.39 Å². The van der Waals surface area contributed by atoms with Gasteiger partial charge < -0.3 is 9.84 Å². The molecule has 1 aliphatic heterocycles. The Balaban J connectivity index is 1.35. The molecule has 0 bridgehead atoms. The average molecular weight is 348 g/mol. The number of ether oxygens (including phenoxy) is 1. The summed E-state index contributed by atoms with van der Waals surface area (Å²) in [5.41, 5.74) is 1.23. The number of aromatic nitrogens is 2. The lowest BCUT2D eigenvalue weighted by Gasteiger charge is -2.35. The van der Waals surface area contributed by atoms with E-state index < -0.39 is 6.10 Å². The molecular formula is C18H25FN4O2. The first-order chi connectivity index (χ1) is 12.1. The fourth-order valence-electron chi connectivity index (χ4n) is 3.02. The number of hydrogen-bond donors (Lipinski definition) is 1. The Morgan fingerprint density at radius 1 is 1.16 bits per heavy atom. The molecule has 25 heavy (non-hydrogen) atoms. The smallest absolute Gasteiger partial charge is 0.123 e. The summed E-state index contributed by atoms with van der Waals surface area (Å²) in [6, 6.07) is 5.84. The number of halogens is 1. The molecule has 1 fully saturated rings. The zero-order chi connectivity index (χ0) is 17.6. The number of nitrogens with zero attached hydrogens (tertiary/aromatic N) is 4. The highest BCUT2D eigenvalue weighted by Gasteiger charge is 2.20. The Kier molecular flexibility index (Phi) is 6.01. The Morgan fingerprint density at radius 3 is 2.48 bits per heavy atom. The van der Waals surface area contributed by atoms with Gasteiger partial charge >= 0.3 is 0 Å². The number of rotatable bonds is 7.